The number of rotatable bonds is 5. The second-order valence-electron chi connectivity index (χ2n) is 9.03. The van der Waals surface area contributed by atoms with Crippen molar-refractivity contribution in [3.8, 4) is 17.1 Å². The molecular weight excluding hydrogens is 446 g/mol. The van der Waals surface area contributed by atoms with E-state index >= 15 is 0 Å². The van der Waals surface area contributed by atoms with E-state index in [4.69, 9.17) is 19.1 Å². The summed E-state index contributed by atoms with van der Waals surface area (Å²) in [5.41, 5.74) is 3.10. The Balaban J connectivity index is 1.37. The summed E-state index contributed by atoms with van der Waals surface area (Å²) in [7, 11) is 2.05. The number of hydrogen-bond donors (Lipinski definition) is 1. The highest BCUT2D eigenvalue weighted by Crippen LogP contribution is 2.29. The maximum absolute atomic E-state index is 13.0. The zero-order valence-electron chi connectivity index (χ0n) is 19.6. The predicted molar refractivity (Wildman–Crippen MR) is 131 cm³/mol. The molecule has 2 aliphatic rings. The molecule has 10 heteroatoms. The van der Waals surface area contributed by atoms with Gasteiger partial charge in [-0.1, -0.05) is 30.3 Å². The van der Waals surface area contributed by atoms with Crippen molar-refractivity contribution in [2.24, 2.45) is 0 Å². The third-order valence-corrected chi connectivity index (χ3v) is 6.50. The van der Waals surface area contributed by atoms with Crippen LogP contribution in [0.1, 0.15) is 17.0 Å². The van der Waals surface area contributed by atoms with Crippen LogP contribution in [0.5, 0.6) is 0 Å². The number of fused-ring (bicyclic) bond motifs is 1. The molecule has 1 unspecified atom stereocenters. The van der Waals surface area contributed by atoms with Gasteiger partial charge in [0.15, 0.2) is 17.2 Å². The Morgan fingerprint density at radius 1 is 1.09 bits per heavy atom. The van der Waals surface area contributed by atoms with Gasteiger partial charge >= 0.3 is 0 Å². The van der Waals surface area contributed by atoms with Crippen molar-refractivity contribution in [3.63, 3.8) is 0 Å². The molecule has 0 bridgehead atoms. The molecule has 1 amide bonds. The van der Waals surface area contributed by atoms with E-state index in [-0.39, 0.29) is 17.7 Å². The molecule has 1 N–H and O–H groups in total. The maximum Gasteiger partial charge on any atom is 0.287 e. The minimum atomic E-state index is -0.233. The second kappa shape index (κ2) is 9.12. The lowest BCUT2D eigenvalue weighted by molar-refractivity contribution is 0.0912. The van der Waals surface area contributed by atoms with Crippen molar-refractivity contribution in [1.82, 2.24) is 30.0 Å². The Bertz CT molecular complexity index is 1340. The predicted octanol–water partition coefficient (Wildman–Crippen LogP) is 2.35. The lowest BCUT2D eigenvalue weighted by Crippen LogP contribution is -2.37. The van der Waals surface area contributed by atoms with Crippen LogP contribution in [0.15, 0.2) is 53.2 Å². The molecule has 2 aliphatic heterocycles. The average molecular weight is 474 g/mol. The number of amides is 1. The van der Waals surface area contributed by atoms with Crippen molar-refractivity contribution in [2.45, 2.75) is 12.5 Å². The number of likely N-dealkylation sites (tertiary alicyclic amines) is 1. The molecule has 1 aromatic carbocycles. The molecule has 35 heavy (non-hydrogen) atoms. The van der Waals surface area contributed by atoms with E-state index in [0.29, 0.717) is 49.2 Å². The maximum atomic E-state index is 13.0. The number of ether oxygens (including phenoxy) is 1. The van der Waals surface area contributed by atoms with E-state index in [0.717, 1.165) is 30.6 Å². The van der Waals surface area contributed by atoms with E-state index in [9.17, 15) is 4.79 Å². The summed E-state index contributed by atoms with van der Waals surface area (Å²) < 4.78 is 13.2. The number of morpholine rings is 1. The lowest BCUT2D eigenvalue weighted by Gasteiger charge is -2.27. The molecule has 1 atom stereocenters. The number of furan rings is 1. The summed E-state index contributed by atoms with van der Waals surface area (Å²) in [5, 5.41) is 7.59. The van der Waals surface area contributed by atoms with Gasteiger partial charge in [-0.2, -0.15) is 10.1 Å². The zero-order valence-corrected chi connectivity index (χ0v) is 19.6. The number of hydrogen-bond acceptors (Lipinski definition) is 8. The van der Waals surface area contributed by atoms with E-state index in [1.807, 2.05) is 36.5 Å². The first-order chi connectivity index (χ1) is 17.1. The minimum Gasteiger partial charge on any atom is -0.445 e. The molecule has 3 aromatic heterocycles. The molecule has 6 rings (SSSR count). The Morgan fingerprint density at radius 3 is 2.69 bits per heavy atom. The van der Waals surface area contributed by atoms with Gasteiger partial charge in [0.1, 0.15) is 5.52 Å². The third-order valence-electron chi connectivity index (χ3n) is 6.50. The van der Waals surface area contributed by atoms with Crippen LogP contribution in [0.25, 0.3) is 28.2 Å². The fourth-order valence-corrected chi connectivity index (χ4v) is 4.63. The summed E-state index contributed by atoms with van der Waals surface area (Å²) >= 11 is 0. The van der Waals surface area contributed by atoms with Crippen LogP contribution < -0.4 is 10.2 Å². The van der Waals surface area contributed by atoms with Gasteiger partial charge in [0, 0.05) is 43.5 Å². The van der Waals surface area contributed by atoms with Crippen LogP contribution in [-0.2, 0) is 4.74 Å². The number of aromatic nitrogens is 4. The van der Waals surface area contributed by atoms with Gasteiger partial charge in [0.25, 0.3) is 11.9 Å². The minimum absolute atomic E-state index is 0.113. The highest BCUT2D eigenvalue weighted by Gasteiger charge is 2.26. The molecule has 2 fully saturated rings. The van der Waals surface area contributed by atoms with Crippen molar-refractivity contribution >= 4 is 22.8 Å². The quantitative estimate of drug-likeness (QED) is 0.471. The van der Waals surface area contributed by atoms with Gasteiger partial charge in [0.05, 0.1) is 19.4 Å². The summed E-state index contributed by atoms with van der Waals surface area (Å²) in [5.74, 6) is 1.07. The SMILES string of the molecule is CN1CCC(NC(=O)c2cc3nc(-n4cc(-c5ccccc5)cn4)nc(N4CCOCC4)c3o2)C1. The Morgan fingerprint density at radius 2 is 1.91 bits per heavy atom. The van der Waals surface area contributed by atoms with E-state index in [2.05, 4.69) is 27.3 Å². The summed E-state index contributed by atoms with van der Waals surface area (Å²) in [6.45, 7) is 4.36. The third kappa shape index (κ3) is 4.38. The highest BCUT2D eigenvalue weighted by atomic mass is 16.5. The number of carbonyl (C=O) groups is 1. The zero-order chi connectivity index (χ0) is 23.8. The molecule has 4 aromatic rings. The molecule has 5 heterocycles. The smallest absolute Gasteiger partial charge is 0.287 e. The van der Waals surface area contributed by atoms with E-state index in [1.165, 1.54) is 0 Å². The van der Waals surface area contributed by atoms with Crippen LogP contribution in [0.4, 0.5) is 5.82 Å². The van der Waals surface area contributed by atoms with Crippen molar-refractivity contribution in [3.05, 3.63) is 54.6 Å². The normalized spacial score (nSPS) is 18.9. The fraction of sp³-hybridized carbons (Fsp3) is 0.360. The molecule has 2 saturated heterocycles. The molecule has 0 saturated carbocycles. The Hall–Kier alpha value is -3.76. The van der Waals surface area contributed by atoms with Crippen molar-refractivity contribution in [2.75, 3.05) is 51.3 Å². The molecule has 0 aliphatic carbocycles. The fourth-order valence-electron chi connectivity index (χ4n) is 4.63. The largest absolute Gasteiger partial charge is 0.445 e. The topological polar surface area (TPSA) is 102 Å². The molecule has 10 nitrogen and oxygen atoms in total. The van der Waals surface area contributed by atoms with E-state index in [1.54, 1.807) is 16.9 Å². The number of anilines is 1. The summed E-state index contributed by atoms with van der Waals surface area (Å²) in [6, 6.07) is 11.8. The standard InChI is InChI=1S/C25H27N7O3/c1-30-8-7-19(16-30)27-24(33)21-13-20-22(35-21)23(31-9-11-34-12-10-31)29-25(28-20)32-15-18(14-26-32)17-5-3-2-4-6-17/h2-6,13-15,19H,7-12,16H2,1H3,(H,27,33). The van der Waals surface area contributed by atoms with Crippen molar-refractivity contribution in [1.29, 1.82) is 0 Å². The number of benzene rings is 1. The van der Waals surface area contributed by atoms with Gasteiger partial charge < -0.3 is 24.3 Å². The Labute approximate surface area is 202 Å². The van der Waals surface area contributed by atoms with Crippen LogP contribution in [0.2, 0.25) is 0 Å². The molecule has 0 radical (unpaired) electrons. The molecule has 0 spiro atoms. The van der Waals surface area contributed by atoms with Crippen LogP contribution in [0, 0.1) is 0 Å². The second-order valence-corrected chi connectivity index (χ2v) is 9.03. The van der Waals surface area contributed by atoms with Crippen molar-refractivity contribution < 1.29 is 13.9 Å². The van der Waals surface area contributed by atoms with Gasteiger partial charge in [-0.3, -0.25) is 4.79 Å². The van der Waals surface area contributed by atoms with Crippen LogP contribution in [0.3, 0.4) is 0 Å². The van der Waals surface area contributed by atoms with Gasteiger partial charge in [0.2, 0.25) is 0 Å². The number of nitrogens with one attached hydrogen (secondary N) is 1. The number of likely N-dealkylation sites (N-methyl/N-ethyl adjacent to an activating group) is 1. The molecule has 180 valence electrons. The number of nitrogens with zero attached hydrogens (tertiary/aromatic N) is 6. The van der Waals surface area contributed by atoms with E-state index < -0.39 is 0 Å². The van der Waals surface area contributed by atoms with Crippen LogP contribution in [-0.4, -0.2) is 83.0 Å². The first-order valence-corrected chi connectivity index (χ1v) is 11.9. The van der Waals surface area contributed by atoms with Gasteiger partial charge in [-0.25, -0.2) is 9.67 Å². The first-order valence-electron chi connectivity index (χ1n) is 11.9. The number of carbonyl (C=O) groups excluding carboxylic acids is 1. The monoisotopic (exact) mass is 473 g/mol. The Kier molecular flexibility index (Phi) is 5.67. The molecular formula is C25H27N7O3. The first kappa shape index (κ1) is 21.8. The average Bonchev–Trinajstić information content (AvgIpc) is 3.64. The summed E-state index contributed by atoms with van der Waals surface area (Å²) in [4.78, 5) is 26.8. The summed E-state index contributed by atoms with van der Waals surface area (Å²) in [6.07, 6.45) is 4.63. The van der Waals surface area contributed by atoms with Gasteiger partial charge in [-0.05, 0) is 25.6 Å². The van der Waals surface area contributed by atoms with Gasteiger partial charge in [-0.15, -0.1) is 0 Å². The highest BCUT2D eigenvalue weighted by molar-refractivity contribution is 5.97. The lowest BCUT2D eigenvalue weighted by atomic mass is 10.1. The van der Waals surface area contributed by atoms with Crippen LogP contribution >= 0.6 is 0 Å².